The molecule has 0 heterocycles. The highest BCUT2D eigenvalue weighted by molar-refractivity contribution is 7.89. The van der Waals surface area contributed by atoms with Crippen LogP contribution in [0.15, 0.2) is 41.3 Å². The molecular weight excluding hydrogens is 416 g/mol. The van der Waals surface area contributed by atoms with Gasteiger partial charge in [-0.15, -0.1) is 0 Å². The number of hydrogen-bond donors (Lipinski definition) is 1. The molecule has 2 rings (SSSR count). The van der Waals surface area contributed by atoms with Gasteiger partial charge in [0.2, 0.25) is 10.0 Å². The Labute approximate surface area is 175 Å². The normalized spacial score (nSPS) is 12.1. The Bertz CT molecular complexity index is 1030. The van der Waals surface area contributed by atoms with Crippen molar-refractivity contribution in [2.24, 2.45) is 0 Å². The van der Waals surface area contributed by atoms with Gasteiger partial charge >= 0.3 is 5.97 Å². The number of sulfonamides is 1. The van der Waals surface area contributed by atoms with Crippen LogP contribution in [0.25, 0.3) is 0 Å². The lowest BCUT2D eigenvalue weighted by Gasteiger charge is -2.13. The number of ether oxygens (including phenoxy) is 2. The molecule has 0 aliphatic rings. The number of carbonyl (C=O) groups excluding carboxylic acids is 1. The fraction of sp³-hybridized carbons (Fsp3) is 0.300. The molecule has 0 amide bonds. The molecule has 7 nitrogen and oxygen atoms in total. The summed E-state index contributed by atoms with van der Waals surface area (Å²) in [6, 6.07) is 9.88. The van der Waals surface area contributed by atoms with Crippen LogP contribution in [-0.2, 0) is 10.0 Å². The number of nitrogens with zero attached hydrogens (tertiary/aromatic N) is 1. The van der Waals surface area contributed by atoms with Gasteiger partial charge in [-0.1, -0.05) is 18.5 Å². The third kappa shape index (κ3) is 5.70. The van der Waals surface area contributed by atoms with Crippen molar-refractivity contribution in [2.45, 2.75) is 38.1 Å². The summed E-state index contributed by atoms with van der Waals surface area (Å²) >= 11 is 6.13. The standard InChI is InChI=1S/C20H21ClN2O5S/c1-4-13(3)23-29(25,26)16-8-6-15(7-9-16)20(24)28-19-17(21)10-14(12-22)11-18(19)27-5-2/h6-11,13,23H,4-5H2,1-3H3. The first-order chi connectivity index (χ1) is 13.7. The van der Waals surface area contributed by atoms with Crippen molar-refractivity contribution in [1.29, 1.82) is 5.26 Å². The second kappa shape index (κ2) is 9.74. The van der Waals surface area contributed by atoms with Gasteiger partial charge in [-0.05, 0) is 50.6 Å². The SMILES string of the molecule is CCOc1cc(C#N)cc(Cl)c1OC(=O)c1ccc(S(=O)(=O)NC(C)CC)cc1. The summed E-state index contributed by atoms with van der Waals surface area (Å²) in [4.78, 5) is 12.5. The van der Waals surface area contributed by atoms with E-state index in [1.165, 1.54) is 36.4 Å². The van der Waals surface area contributed by atoms with Gasteiger partial charge in [-0.2, -0.15) is 5.26 Å². The largest absolute Gasteiger partial charge is 0.490 e. The summed E-state index contributed by atoms with van der Waals surface area (Å²) in [5.41, 5.74) is 0.400. The second-order valence-corrected chi connectivity index (χ2v) is 8.30. The Kier molecular flexibility index (Phi) is 7.62. The average molecular weight is 437 g/mol. The maximum Gasteiger partial charge on any atom is 0.343 e. The van der Waals surface area contributed by atoms with E-state index in [2.05, 4.69) is 4.72 Å². The Morgan fingerprint density at radius 1 is 1.24 bits per heavy atom. The fourth-order valence-electron chi connectivity index (χ4n) is 2.33. The summed E-state index contributed by atoms with van der Waals surface area (Å²) in [6.07, 6.45) is 0.650. The number of halogens is 1. The zero-order valence-electron chi connectivity index (χ0n) is 16.2. The maximum atomic E-state index is 12.5. The first-order valence-corrected chi connectivity index (χ1v) is 10.8. The van der Waals surface area contributed by atoms with E-state index in [1.54, 1.807) is 13.8 Å². The summed E-state index contributed by atoms with van der Waals surface area (Å²) in [7, 11) is -3.68. The minimum Gasteiger partial charge on any atom is -0.490 e. The van der Waals surface area contributed by atoms with Crippen LogP contribution in [0.1, 0.15) is 43.1 Å². The van der Waals surface area contributed by atoms with E-state index in [0.29, 0.717) is 6.42 Å². The van der Waals surface area contributed by atoms with Crippen molar-refractivity contribution in [3.63, 3.8) is 0 Å². The summed E-state index contributed by atoms with van der Waals surface area (Å²) in [6.45, 7) is 5.66. The van der Waals surface area contributed by atoms with Crippen LogP contribution in [0.2, 0.25) is 5.02 Å². The monoisotopic (exact) mass is 436 g/mol. The lowest BCUT2D eigenvalue weighted by Crippen LogP contribution is -2.32. The van der Waals surface area contributed by atoms with Gasteiger partial charge in [-0.3, -0.25) is 0 Å². The lowest BCUT2D eigenvalue weighted by molar-refractivity contribution is 0.0728. The molecule has 1 unspecified atom stereocenters. The Morgan fingerprint density at radius 2 is 1.90 bits per heavy atom. The molecular formula is C20H21ClN2O5S. The molecule has 154 valence electrons. The molecule has 0 aliphatic carbocycles. The van der Waals surface area contributed by atoms with E-state index in [0.717, 1.165) is 0 Å². The molecule has 1 N–H and O–H groups in total. The van der Waals surface area contributed by atoms with Crippen LogP contribution in [0.5, 0.6) is 11.5 Å². The first kappa shape index (κ1) is 22.7. The molecule has 0 aromatic heterocycles. The molecule has 1 atom stereocenters. The highest BCUT2D eigenvalue weighted by atomic mass is 35.5. The number of nitriles is 1. The van der Waals surface area contributed by atoms with Gasteiger partial charge in [0.1, 0.15) is 0 Å². The van der Waals surface area contributed by atoms with Gasteiger partial charge in [0, 0.05) is 12.1 Å². The molecule has 0 aliphatic heterocycles. The lowest BCUT2D eigenvalue weighted by atomic mass is 10.2. The number of nitrogens with one attached hydrogen (secondary N) is 1. The second-order valence-electron chi connectivity index (χ2n) is 6.17. The molecule has 9 heteroatoms. The first-order valence-electron chi connectivity index (χ1n) is 8.92. The smallest absolute Gasteiger partial charge is 0.343 e. The van der Waals surface area contributed by atoms with Gasteiger partial charge in [-0.25, -0.2) is 17.9 Å². The van der Waals surface area contributed by atoms with E-state index in [-0.39, 0.29) is 45.2 Å². The van der Waals surface area contributed by atoms with Crippen LogP contribution >= 0.6 is 11.6 Å². The van der Waals surface area contributed by atoms with Crippen molar-refractivity contribution in [3.05, 3.63) is 52.5 Å². The number of esters is 1. The highest BCUT2D eigenvalue weighted by Gasteiger charge is 2.20. The van der Waals surface area contributed by atoms with Crippen molar-refractivity contribution >= 4 is 27.6 Å². The molecule has 29 heavy (non-hydrogen) atoms. The molecule has 2 aromatic carbocycles. The van der Waals surface area contributed by atoms with E-state index in [9.17, 15) is 13.2 Å². The van der Waals surface area contributed by atoms with E-state index in [1.807, 2.05) is 13.0 Å². The van der Waals surface area contributed by atoms with Gasteiger partial charge < -0.3 is 9.47 Å². The van der Waals surface area contributed by atoms with Gasteiger partial charge in [0.05, 0.1) is 33.7 Å². The Hall–Kier alpha value is -2.60. The molecule has 0 spiro atoms. The van der Waals surface area contributed by atoms with Crippen molar-refractivity contribution in [1.82, 2.24) is 4.72 Å². The Balaban J connectivity index is 2.26. The van der Waals surface area contributed by atoms with Crippen LogP contribution < -0.4 is 14.2 Å². The molecule has 0 fully saturated rings. The average Bonchev–Trinajstić information content (AvgIpc) is 2.70. The predicted octanol–water partition coefficient (Wildman–Crippen LogP) is 3.91. The summed E-state index contributed by atoms with van der Waals surface area (Å²) in [5, 5.41) is 9.09. The summed E-state index contributed by atoms with van der Waals surface area (Å²) in [5.74, 6) is -0.578. The van der Waals surface area contributed by atoms with Crippen molar-refractivity contribution in [2.75, 3.05) is 6.61 Å². The third-order valence-electron chi connectivity index (χ3n) is 4.00. The minimum atomic E-state index is -3.68. The maximum absolute atomic E-state index is 12.5. The number of benzene rings is 2. The molecule has 0 bridgehead atoms. The van der Waals surface area contributed by atoms with Crippen LogP contribution in [0, 0.1) is 11.3 Å². The number of rotatable bonds is 8. The molecule has 0 saturated carbocycles. The number of hydrogen-bond acceptors (Lipinski definition) is 6. The van der Waals surface area contributed by atoms with Crippen LogP contribution in [0.3, 0.4) is 0 Å². The van der Waals surface area contributed by atoms with Crippen LogP contribution in [0.4, 0.5) is 0 Å². The minimum absolute atomic E-state index is 0.00680. The Morgan fingerprint density at radius 3 is 2.45 bits per heavy atom. The topological polar surface area (TPSA) is 105 Å². The third-order valence-corrected chi connectivity index (χ3v) is 5.89. The van der Waals surface area contributed by atoms with Crippen molar-refractivity contribution in [3.8, 4) is 17.6 Å². The predicted molar refractivity (Wildman–Crippen MR) is 109 cm³/mol. The van der Waals surface area contributed by atoms with Crippen LogP contribution in [-0.4, -0.2) is 27.0 Å². The quantitative estimate of drug-likeness (QED) is 0.496. The molecule has 0 saturated heterocycles. The fourth-order valence-corrected chi connectivity index (χ4v) is 3.91. The zero-order valence-corrected chi connectivity index (χ0v) is 17.8. The highest BCUT2D eigenvalue weighted by Crippen LogP contribution is 2.37. The number of carbonyl (C=O) groups is 1. The molecule has 2 aromatic rings. The summed E-state index contributed by atoms with van der Waals surface area (Å²) < 4.78 is 37.9. The van der Waals surface area contributed by atoms with E-state index >= 15 is 0 Å². The van der Waals surface area contributed by atoms with Gasteiger partial charge in [0.15, 0.2) is 11.5 Å². The van der Waals surface area contributed by atoms with Gasteiger partial charge in [0.25, 0.3) is 0 Å². The van der Waals surface area contributed by atoms with E-state index < -0.39 is 16.0 Å². The van der Waals surface area contributed by atoms with E-state index in [4.69, 9.17) is 26.3 Å². The molecule has 0 radical (unpaired) electrons. The van der Waals surface area contributed by atoms with Crippen molar-refractivity contribution < 1.29 is 22.7 Å². The zero-order chi connectivity index (χ0) is 21.6.